The SMILES string of the molecule is COc1ccc2nn3c(c2c1)-c1cc(=O)c(C(=O)O)cn1[C@@H](C(C)(C)C)C3. The van der Waals surface area contributed by atoms with Gasteiger partial charge in [-0.2, -0.15) is 5.10 Å². The monoisotopic (exact) mass is 367 g/mol. The summed E-state index contributed by atoms with van der Waals surface area (Å²) in [5.74, 6) is -0.513. The van der Waals surface area contributed by atoms with Crippen molar-refractivity contribution in [3.8, 4) is 17.1 Å². The molecule has 1 aromatic carbocycles. The number of nitrogens with zero attached hydrogens (tertiary/aromatic N) is 3. The summed E-state index contributed by atoms with van der Waals surface area (Å²) in [6, 6.07) is 7.00. The Bertz CT molecular complexity index is 1130. The Hall–Kier alpha value is -3.09. The lowest BCUT2D eigenvalue weighted by Gasteiger charge is -2.38. The number of methoxy groups -OCH3 is 1. The van der Waals surface area contributed by atoms with E-state index in [2.05, 4.69) is 20.8 Å². The molecule has 0 unspecified atom stereocenters. The van der Waals surface area contributed by atoms with Gasteiger partial charge in [-0.15, -0.1) is 0 Å². The van der Waals surface area contributed by atoms with Crippen LogP contribution >= 0.6 is 0 Å². The average molecular weight is 367 g/mol. The van der Waals surface area contributed by atoms with E-state index in [1.807, 2.05) is 27.4 Å². The van der Waals surface area contributed by atoms with E-state index < -0.39 is 11.4 Å². The first-order valence-electron chi connectivity index (χ1n) is 8.75. The van der Waals surface area contributed by atoms with E-state index in [0.717, 1.165) is 16.6 Å². The fraction of sp³-hybridized carbons (Fsp3) is 0.350. The Morgan fingerprint density at radius 3 is 2.67 bits per heavy atom. The normalized spacial score (nSPS) is 16.1. The van der Waals surface area contributed by atoms with Crippen molar-refractivity contribution in [3.63, 3.8) is 0 Å². The standard InChI is InChI=1S/C20H21N3O4/c1-20(2,3)17-10-23-18(12-7-11(27-4)5-6-14(12)21-23)15-8-16(24)13(19(25)26)9-22(15)17/h5-9,17H,10H2,1-4H3,(H,25,26)/t17-/m1/s1. The van der Waals surface area contributed by atoms with E-state index in [1.54, 1.807) is 7.11 Å². The van der Waals surface area contributed by atoms with Gasteiger partial charge in [0.2, 0.25) is 0 Å². The summed E-state index contributed by atoms with van der Waals surface area (Å²) in [5, 5.41) is 15.0. The van der Waals surface area contributed by atoms with Crippen LogP contribution in [0.15, 0.2) is 35.3 Å². The second-order valence-electron chi connectivity index (χ2n) is 7.94. The zero-order valence-corrected chi connectivity index (χ0v) is 15.7. The highest BCUT2D eigenvalue weighted by Crippen LogP contribution is 2.42. The minimum atomic E-state index is -1.21. The maximum Gasteiger partial charge on any atom is 0.341 e. The highest BCUT2D eigenvalue weighted by atomic mass is 16.5. The van der Waals surface area contributed by atoms with Crippen LogP contribution in [0.4, 0.5) is 0 Å². The maximum absolute atomic E-state index is 12.4. The molecule has 7 nitrogen and oxygen atoms in total. The maximum atomic E-state index is 12.4. The molecule has 7 heteroatoms. The van der Waals surface area contributed by atoms with Crippen molar-refractivity contribution in [3.05, 3.63) is 46.2 Å². The summed E-state index contributed by atoms with van der Waals surface area (Å²) in [6.07, 6.45) is 1.47. The highest BCUT2D eigenvalue weighted by Gasteiger charge is 2.35. The summed E-state index contributed by atoms with van der Waals surface area (Å²) in [7, 11) is 1.60. The number of benzene rings is 1. The summed E-state index contributed by atoms with van der Waals surface area (Å²) in [5.41, 5.74) is 1.40. The number of hydrogen-bond acceptors (Lipinski definition) is 4. The predicted molar refractivity (Wildman–Crippen MR) is 101 cm³/mol. The number of pyridine rings is 1. The van der Waals surface area contributed by atoms with Crippen molar-refractivity contribution in [1.82, 2.24) is 14.3 Å². The summed E-state index contributed by atoms with van der Waals surface area (Å²) >= 11 is 0. The van der Waals surface area contributed by atoms with Gasteiger partial charge in [-0.05, 0) is 23.6 Å². The van der Waals surface area contributed by atoms with Gasteiger partial charge in [-0.25, -0.2) is 4.79 Å². The number of fused-ring (bicyclic) bond motifs is 5. The van der Waals surface area contributed by atoms with Gasteiger partial charge < -0.3 is 14.4 Å². The molecule has 0 saturated carbocycles. The van der Waals surface area contributed by atoms with E-state index in [0.29, 0.717) is 18.0 Å². The summed E-state index contributed by atoms with van der Waals surface area (Å²) < 4.78 is 9.17. The van der Waals surface area contributed by atoms with Gasteiger partial charge in [0.1, 0.15) is 11.3 Å². The summed E-state index contributed by atoms with van der Waals surface area (Å²) in [4.78, 5) is 23.9. The second kappa shape index (κ2) is 5.70. The Morgan fingerprint density at radius 2 is 2.04 bits per heavy atom. The molecule has 1 N–H and O–H groups in total. The predicted octanol–water partition coefficient (Wildman–Crippen LogP) is 3.17. The number of carbonyl (C=O) groups is 1. The van der Waals surface area contributed by atoms with E-state index in [-0.39, 0.29) is 17.0 Å². The minimum absolute atomic E-state index is 0.0464. The zero-order valence-electron chi connectivity index (χ0n) is 15.7. The molecule has 0 radical (unpaired) electrons. The number of carboxylic acids is 1. The lowest BCUT2D eigenvalue weighted by atomic mass is 9.85. The molecule has 1 aliphatic heterocycles. The molecule has 3 aromatic rings. The smallest absolute Gasteiger partial charge is 0.341 e. The lowest BCUT2D eigenvalue weighted by Crippen LogP contribution is -2.35. The molecule has 0 saturated heterocycles. The van der Waals surface area contributed by atoms with Crippen LogP contribution in [-0.4, -0.2) is 32.5 Å². The number of ether oxygens (including phenoxy) is 1. The van der Waals surface area contributed by atoms with Crippen molar-refractivity contribution in [2.45, 2.75) is 33.4 Å². The first kappa shape index (κ1) is 17.3. The molecule has 1 atom stereocenters. The molecule has 0 fully saturated rings. The number of hydrogen-bond donors (Lipinski definition) is 1. The molecule has 1 aliphatic rings. The largest absolute Gasteiger partial charge is 0.497 e. The number of rotatable bonds is 2. The van der Waals surface area contributed by atoms with Crippen LogP contribution in [0.5, 0.6) is 5.75 Å². The number of aromatic nitrogens is 3. The second-order valence-corrected chi connectivity index (χ2v) is 7.94. The topological polar surface area (TPSA) is 86.3 Å². The molecule has 4 rings (SSSR count). The van der Waals surface area contributed by atoms with Crippen LogP contribution in [0.2, 0.25) is 0 Å². The van der Waals surface area contributed by atoms with E-state index in [1.165, 1.54) is 12.3 Å². The average Bonchev–Trinajstić information content (AvgIpc) is 2.97. The van der Waals surface area contributed by atoms with Crippen LogP contribution < -0.4 is 10.2 Å². The van der Waals surface area contributed by atoms with Crippen molar-refractivity contribution in [2.75, 3.05) is 7.11 Å². The third-order valence-electron chi connectivity index (χ3n) is 5.18. The van der Waals surface area contributed by atoms with Gasteiger partial charge in [-0.3, -0.25) is 9.48 Å². The van der Waals surface area contributed by atoms with Crippen LogP contribution in [0.3, 0.4) is 0 Å². The third kappa shape index (κ3) is 2.61. The number of carboxylic acid groups (broad SMARTS) is 1. The Morgan fingerprint density at radius 1 is 1.30 bits per heavy atom. The van der Waals surface area contributed by atoms with Gasteiger partial charge in [0.25, 0.3) is 0 Å². The van der Waals surface area contributed by atoms with Crippen LogP contribution in [-0.2, 0) is 6.54 Å². The van der Waals surface area contributed by atoms with Crippen LogP contribution in [0.1, 0.15) is 37.2 Å². The first-order valence-corrected chi connectivity index (χ1v) is 8.75. The molecule has 3 heterocycles. The first-order chi connectivity index (χ1) is 12.7. The molecule has 140 valence electrons. The van der Waals surface area contributed by atoms with Gasteiger partial charge in [-0.1, -0.05) is 20.8 Å². The van der Waals surface area contributed by atoms with Gasteiger partial charge in [0, 0.05) is 17.6 Å². The zero-order chi connectivity index (χ0) is 19.5. The quantitative estimate of drug-likeness (QED) is 0.752. The van der Waals surface area contributed by atoms with Gasteiger partial charge in [0.15, 0.2) is 5.43 Å². The van der Waals surface area contributed by atoms with E-state index in [9.17, 15) is 14.7 Å². The van der Waals surface area contributed by atoms with Gasteiger partial charge >= 0.3 is 5.97 Å². The third-order valence-corrected chi connectivity index (χ3v) is 5.18. The molecule has 0 spiro atoms. The fourth-order valence-corrected chi connectivity index (χ4v) is 3.74. The van der Waals surface area contributed by atoms with Crippen molar-refractivity contribution < 1.29 is 14.6 Å². The van der Waals surface area contributed by atoms with Gasteiger partial charge in [0.05, 0.1) is 36.6 Å². The molecule has 27 heavy (non-hydrogen) atoms. The Labute approximate surface area is 155 Å². The van der Waals surface area contributed by atoms with Crippen molar-refractivity contribution in [1.29, 1.82) is 0 Å². The highest BCUT2D eigenvalue weighted by molar-refractivity contribution is 5.94. The molecular formula is C20H21N3O4. The molecular weight excluding hydrogens is 346 g/mol. The van der Waals surface area contributed by atoms with Crippen molar-refractivity contribution in [2.24, 2.45) is 5.41 Å². The Kier molecular flexibility index (Phi) is 3.66. The number of aromatic carboxylic acids is 1. The summed E-state index contributed by atoms with van der Waals surface area (Å²) in [6.45, 7) is 6.87. The molecule has 0 amide bonds. The molecule has 0 aliphatic carbocycles. The van der Waals surface area contributed by atoms with Crippen LogP contribution in [0.25, 0.3) is 22.3 Å². The molecule has 2 aromatic heterocycles. The Balaban J connectivity index is 2.08. The van der Waals surface area contributed by atoms with E-state index >= 15 is 0 Å². The fourth-order valence-electron chi connectivity index (χ4n) is 3.74. The lowest BCUT2D eigenvalue weighted by molar-refractivity contribution is 0.0693. The molecule has 0 bridgehead atoms. The van der Waals surface area contributed by atoms with Crippen LogP contribution in [0, 0.1) is 5.41 Å². The van der Waals surface area contributed by atoms with E-state index in [4.69, 9.17) is 9.84 Å². The minimum Gasteiger partial charge on any atom is -0.497 e. The van der Waals surface area contributed by atoms with Crippen molar-refractivity contribution >= 4 is 16.9 Å².